The van der Waals surface area contributed by atoms with Crippen LogP contribution >= 0.6 is 22.3 Å². The van der Waals surface area contributed by atoms with Gasteiger partial charge in [-0.25, -0.2) is 8.42 Å². The van der Waals surface area contributed by atoms with E-state index in [4.69, 9.17) is 27.0 Å². The topological polar surface area (TPSA) is 55.4 Å². The van der Waals surface area contributed by atoms with Gasteiger partial charge in [0.05, 0.1) is 7.11 Å². The van der Waals surface area contributed by atoms with E-state index < -0.39 is 9.05 Å². The minimum Gasteiger partial charge on any atom is -0.495 e. The second-order valence-corrected chi connectivity index (χ2v) is 8.67. The van der Waals surface area contributed by atoms with Gasteiger partial charge in [0, 0.05) is 28.2 Å². The highest BCUT2D eigenvalue weighted by atomic mass is 35.7. The summed E-state index contributed by atoms with van der Waals surface area (Å²) < 4.78 is 28.9. The van der Waals surface area contributed by atoms with Crippen LogP contribution in [0.15, 0.2) is 41.3 Å². The van der Waals surface area contributed by atoms with Crippen LogP contribution in [0.3, 0.4) is 0 Å². The predicted molar refractivity (Wildman–Crippen MR) is 95.9 cm³/mol. The molecule has 0 saturated heterocycles. The monoisotopic (exact) mass is 385 g/mol. The highest BCUT2D eigenvalue weighted by molar-refractivity contribution is 8.13. The summed E-state index contributed by atoms with van der Waals surface area (Å²) in [6.07, 6.45) is 0.725. The maximum absolute atomic E-state index is 11.8. The third kappa shape index (κ3) is 3.54. The first kappa shape index (κ1) is 17.5. The van der Waals surface area contributed by atoms with Crippen molar-refractivity contribution < 1.29 is 13.2 Å². The number of benzene rings is 2. The normalized spacial score (nSPS) is 17.9. The van der Waals surface area contributed by atoms with Crippen LogP contribution in [-0.4, -0.2) is 28.6 Å². The lowest BCUT2D eigenvalue weighted by atomic mass is 9.88. The molecule has 0 amide bonds. The Morgan fingerprint density at radius 1 is 1.21 bits per heavy atom. The van der Waals surface area contributed by atoms with Gasteiger partial charge in [-0.3, -0.25) is 0 Å². The second kappa shape index (κ2) is 6.92. The lowest BCUT2D eigenvalue weighted by molar-refractivity contribution is 0.402. The van der Waals surface area contributed by atoms with E-state index in [1.54, 1.807) is 12.1 Å². The summed E-state index contributed by atoms with van der Waals surface area (Å²) in [5, 5.41) is 4.08. The number of nitrogens with one attached hydrogen (secondary N) is 1. The van der Waals surface area contributed by atoms with Crippen LogP contribution in [0.2, 0.25) is 5.02 Å². The molecule has 7 heteroatoms. The van der Waals surface area contributed by atoms with Crippen LogP contribution in [0.5, 0.6) is 5.75 Å². The Balaban J connectivity index is 2.16. The molecule has 2 aromatic carbocycles. The smallest absolute Gasteiger partial charge is 0.264 e. The fourth-order valence-electron chi connectivity index (χ4n) is 3.08. The molecular weight excluding hydrogens is 369 g/mol. The average Bonchev–Trinajstić information content (AvgIpc) is 2.75. The lowest BCUT2D eigenvalue weighted by Gasteiger charge is -2.20. The SMILES string of the molecule is COc1cc2c(cc1S(=O)(=O)Cl)CCNCC2c1ccc(Cl)cc1. The first-order valence-corrected chi connectivity index (χ1v) is 10.2. The van der Waals surface area contributed by atoms with E-state index in [9.17, 15) is 8.42 Å². The molecule has 128 valence electrons. The molecule has 0 aliphatic carbocycles. The number of fused-ring (bicyclic) bond motifs is 1. The number of hydrogen-bond donors (Lipinski definition) is 1. The van der Waals surface area contributed by atoms with Crippen molar-refractivity contribution in [3.8, 4) is 5.75 Å². The van der Waals surface area contributed by atoms with E-state index in [0.29, 0.717) is 5.02 Å². The van der Waals surface area contributed by atoms with Crippen molar-refractivity contribution in [1.29, 1.82) is 0 Å². The van der Waals surface area contributed by atoms with Gasteiger partial charge < -0.3 is 10.1 Å². The van der Waals surface area contributed by atoms with Gasteiger partial charge in [-0.05, 0) is 53.9 Å². The molecule has 3 rings (SSSR count). The number of hydrogen-bond acceptors (Lipinski definition) is 4. The standard InChI is InChI=1S/C17H17Cl2NO3S/c1-23-16-9-14-12(8-17(16)24(19,21)22)6-7-20-10-15(14)11-2-4-13(18)5-3-11/h2-5,8-9,15,20H,6-7,10H2,1H3. The fraction of sp³-hybridized carbons (Fsp3) is 0.294. The molecule has 1 N–H and O–H groups in total. The van der Waals surface area contributed by atoms with Gasteiger partial charge in [0.25, 0.3) is 9.05 Å². The Bertz CT molecular complexity index is 851. The largest absolute Gasteiger partial charge is 0.495 e. The quantitative estimate of drug-likeness (QED) is 0.820. The summed E-state index contributed by atoms with van der Waals surface area (Å²) in [5.74, 6) is 0.352. The van der Waals surface area contributed by atoms with Gasteiger partial charge in [0.1, 0.15) is 10.6 Å². The van der Waals surface area contributed by atoms with Crippen molar-refractivity contribution in [1.82, 2.24) is 5.32 Å². The molecule has 1 aliphatic rings. The van der Waals surface area contributed by atoms with Crippen molar-refractivity contribution >= 4 is 31.3 Å². The average molecular weight is 386 g/mol. The van der Waals surface area contributed by atoms with Gasteiger partial charge in [-0.1, -0.05) is 23.7 Å². The van der Waals surface area contributed by atoms with Crippen LogP contribution in [0.25, 0.3) is 0 Å². The third-order valence-electron chi connectivity index (χ3n) is 4.26. The maximum atomic E-state index is 11.8. The summed E-state index contributed by atoms with van der Waals surface area (Å²) >= 11 is 5.98. The Labute approximate surface area is 151 Å². The number of rotatable bonds is 3. The number of halogens is 2. The Kier molecular flexibility index (Phi) is 5.06. The Morgan fingerprint density at radius 2 is 1.92 bits per heavy atom. The van der Waals surface area contributed by atoms with Gasteiger partial charge in [-0.15, -0.1) is 0 Å². The fourth-order valence-corrected chi connectivity index (χ4v) is 4.23. The van der Waals surface area contributed by atoms with Gasteiger partial charge in [0.15, 0.2) is 0 Å². The van der Waals surface area contributed by atoms with E-state index in [1.165, 1.54) is 7.11 Å². The zero-order valence-electron chi connectivity index (χ0n) is 13.1. The van der Waals surface area contributed by atoms with Gasteiger partial charge in [0.2, 0.25) is 0 Å². The molecule has 0 radical (unpaired) electrons. The van der Waals surface area contributed by atoms with Crippen LogP contribution in [-0.2, 0) is 15.5 Å². The Morgan fingerprint density at radius 3 is 2.54 bits per heavy atom. The summed E-state index contributed by atoms with van der Waals surface area (Å²) in [4.78, 5) is 0.0159. The highest BCUT2D eigenvalue weighted by Gasteiger charge is 2.26. The van der Waals surface area contributed by atoms with Crippen LogP contribution in [0.4, 0.5) is 0 Å². The van der Waals surface area contributed by atoms with Gasteiger partial charge in [-0.2, -0.15) is 0 Å². The number of ether oxygens (including phenoxy) is 1. The van der Waals surface area contributed by atoms with Crippen molar-refractivity contribution in [2.75, 3.05) is 20.2 Å². The molecule has 1 aliphatic heterocycles. The lowest BCUT2D eigenvalue weighted by Crippen LogP contribution is -2.20. The minimum atomic E-state index is -3.87. The van der Waals surface area contributed by atoms with Crippen molar-refractivity contribution in [3.63, 3.8) is 0 Å². The van der Waals surface area contributed by atoms with E-state index in [1.807, 2.05) is 24.3 Å². The first-order valence-electron chi connectivity index (χ1n) is 7.52. The molecule has 4 nitrogen and oxygen atoms in total. The molecule has 2 aromatic rings. The van der Waals surface area contributed by atoms with E-state index in [2.05, 4.69) is 5.32 Å². The molecule has 1 unspecified atom stereocenters. The molecule has 0 bridgehead atoms. The summed E-state index contributed by atoms with van der Waals surface area (Å²) in [6, 6.07) is 11.1. The zero-order valence-corrected chi connectivity index (χ0v) is 15.4. The molecule has 0 aromatic heterocycles. The maximum Gasteiger partial charge on any atom is 0.264 e. The van der Waals surface area contributed by atoms with E-state index >= 15 is 0 Å². The van der Waals surface area contributed by atoms with Crippen molar-refractivity contribution in [2.45, 2.75) is 17.2 Å². The number of methoxy groups -OCH3 is 1. The Hall–Kier alpha value is -1.27. The first-order chi connectivity index (χ1) is 11.4. The van der Waals surface area contributed by atoms with E-state index in [-0.39, 0.29) is 16.6 Å². The summed E-state index contributed by atoms with van der Waals surface area (Å²) in [6.45, 7) is 1.52. The molecular formula is C17H17Cl2NO3S. The minimum absolute atomic E-state index is 0.0159. The van der Waals surface area contributed by atoms with Gasteiger partial charge >= 0.3 is 0 Å². The summed E-state index contributed by atoms with van der Waals surface area (Å²) in [5.41, 5.74) is 3.11. The third-order valence-corrected chi connectivity index (χ3v) is 5.85. The molecule has 0 spiro atoms. The van der Waals surface area contributed by atoms with Crippen LogP contribution < -0.4 is 10.1 Å². The molecule has 24 heavy (non-hydrogen) atoms. The van der Waals surface area contributed by atoms with Crippen molar-refractivity contribution in [2.24, 2.45) is 0 Å². The van der Waals surface area contributed by atoms with Crippen LogP contribution in [0, 0.1) is 0 Å². The van der Waals surface area contributed by atoms with Crippen LogP contribution in [0.1, 0.15) is 22.6 Å². The molecule has 1 heterocycles. The summed E-state index contributed by atoms with van der Waals surface area (Å²) in [7, 11) is 3.13. The highest BCUT2D eigenvalue weighted by Crippen LogP contribution is 2.37. The second-order valence-electron chi connectivity index (χ2n) is 5.70. The van der Waals surface area contributed by atoms with Crippen molar-refractivity contribution in [3.05, 3.63) is 58.1 Å². The molecule has 1 atom stereocenters. The zero-order chi connectivity index (χ0) is 17.3. The molecule has 0 saturated carbocycles. The predicted octanol–water partition coefficient (Wildman–Crippen LogP) is 3.55. The molecule has 0 fully saturated rings. The van der Waals surface area contributed by atoms with E-state index in [0.717, 1.165) is 36.2 Å².